The smallest absolute Gasteiger partial charge is 0.120 e. The Hall–Kier alpha value is -4.15. The van der Waals surface area contributed by atoms with Crippen LogP contribution in [0.5, 0.6) is 17.2 Å². The first-order chi connectivity index (χ1) is 21.6. The molecule has 4 heteroatoms. The largest absolute Gasteiger partial charge is 0.488 e. The molecular formula is C42H46O3S. The van der Waals surface area contributed by atoms with Crippen LogP contribution in [0.4, 0.5) is 0 Å². The summed E-state index contributed by atoms with van der Waals surface area (Å²) in [6.45, 7) is 18.7. The molecule has 0 spiro atoms. The van der Waals surface area contributed by atoms with Gasteiger partial charge in [-0.05, 0) is 145 Å². The second-order valence-electron chi connectivity index (χ2n) is 14.5. The molecule has 5 aromatic rings. The Morgan fingerprint density at radius 3 is 1.33 bits per heavy atom. The molecule has 0 aliphatic heterocycles. The maximum absolute atomic E-state index is 6.38. The zero-order chi connectivity index (χ0) is 33.1. The summed E-state index contributed by atoms with van der Waals surface area (Å²) in [7, 11) is 0. The number of hydrogen-bond acceptors (Lipinski definition) is 4. The molecule has 46 heavy (non-hydrogen) atoms. The van der Waals surface area contributed by atoms with Crippen LogP contribution >= 0.6 is 11.8 Å². The van der Waals surface area contributed by atoms with Gasteiger partial charge in [0.2, 0.25) is 0 Å². The normalized spacial score (nSPS) is 12.1. The van der Waals surface area contributed by atoms with Crippen LogP contribution in [-0.4, -0.2) is 16.8 Å². The second-order valence-corrected chi connectivity index (χ2v) is 15.6. The fourth-order valence-corrected chi connectivity index (χ4v) is 6.33. The molecule has 0 amide bonds. The molecule has 0 unspecified atom stereocenters. The fourth-order valence-electron chi connectivity index (χ4n) is 5.33. The standard InChI is InChI=1S/C42H46O3S/c1-40(2,3)43-32-19-13-16-29(26-32)36-24-25-37(46-35-22-11-10-12-23-35)39(31-18-15-21-34(28-31)45-42(7,8)9)38(36)30-17-14-20-33(27-30)44-41(4,5)6/h10-28H,1-9H3. The highest BCUT2D eigenvalue weighted by atomic mass is 32.2. The Balaban J connectivity index is 1.82. The summed E-state index contributed by atoms with van der Waals surface area (Å²) in [5, 5.41) is 0. The molecule has 5 aromatic carbocycles. The van der Waals surface area contributed by atoms with Gasteiger partial charge in [0, 0.05) is 15.4 Å². The Bertz CT molecular complexity index is 1790. The second kappa shape index (κ2) is 13.3. The molecule has 0 aromatic heterocycles. The third kappa shape index (κ3) is 8.98. The van der Waals surface area contributed by atoms with Crippen molar-refractivity contribution in [3.63, 3.8) is 0 Å². The lowest BCUT2D eigenvalue weighted by molar-refractivity contribution is 0.130. The van der Waals surface area contributed by atoms with Gasteiger partial charge in [0.15, 0.2) is 0 Å². The van der Waals surface area contributed by atoms with Crippen molar-refractivity contribution in [2.45, 2.75) is 88.9 Å². The van der Waals surface area contributed by atoms with Crippen LogP contribution in [0.1, 0.15) is 62.3 Å². The molecule has 5 rings (SSSR count). The first kappa shape index (κ1) is 33.2. The van der Waals surface area contributed by atoms with Crippen molar-refractivity contribution in [1.82, 2.24) is 0 Å². The van der Waals surface area contributed by atoms with Gasteiger partial charge in [0.1, 0.15) is 34.1 Å². The SMILES string of the molecule is CC(C)(C)Oc1cccc(-c2ccc(Sc3ccccc3)c(-c3cccc(OC(C)(C)C)c3)c2-c2cccc(OC(C)(C)C)c2)c1. The summed E-state index contributed by atoms with van der Waals surface area (Å²) >= 11 is 1.77. The van der Waals surface area contributed by atoms with Gasteiger partial charge in [0.05, 0.1) is 0 Å². The van der Waals surface area contributed by atoms with Gasteiger partial charge < -0.3 is 14.2 Å². The number of benzene rings is 5. The maximum atomic E-state index is 6.38. The average molecular weight is 631 g/mol. The van der Waals surface area contributed by atoms with E-state index in [2.05, 4.69) is 159 Å². The van der Waals surface area contributed by atoms with Crippen molar-refractivity contribution in [2.75, 3.05) is 0 Å². The summed E-state index contributed by atoms with van der Waals surface area (Å²) in [5.74, 6) is 2.51. The molecule has 0 saturated carbocycles. The zero-order valence-electron chi connectivity index (χ0n) is 28.6. The number of rotatable bonds is 8. The van der Waals surface area contributed by atoms with Crippen LogP contribution in [0.2, 0.25) is 0 Å². The molecule has 0 N–H and O–H groups in total. The van der Waals surface area contributed by atoms with Crippen molar-refractivity contribution in [3.05, 3.63) is 115 Å². The quantitative estimate of drug-likeness (QED) is 0.170. The third-order valence-corrected chi connectivity index (χ3v) is 7.87. The summed E-state index contributed by atoms with van der Waals surface area (Å²) in [6.07, 6.45) is 0. The molecule has 238 valence electrons. The van der Waals surface area contributed by atoms with Crippen LogP contribution in [0.25, 0.3) is 33.4 Å². The predicted octanol–water partition coefficient (Wildman–Crippen LogP) is 12.4. The van der Waals surface area contributed by atoms with E-state index in [0.29, 0.717) is 0 Å². The van der Waals surface area contributed by atoms with Crippen LogP contribution in [0, 0.1) is 0 Å². The van der Waals surface area contributed by atoms with E-state index in [4.69, 9.17) is 14.2 Å². The lowest BCUT2D eigenvalue weighted by Crippen LogP contribution is -2.23. The van der Waals surface area contributed by atoms with Gasteiger partial charge in [-0.3, -0.25) is 0 Å². The van der Waals surface area contributed by atoms with E-state index in [0.717, 1.165) is 55.5 Å². The molecule has 0 radical (unpaired) electrons. The fraction of sp³-hybridized carbons (Fsp3) is 0.286. The topological polar surface area (TPSA) is 27.7 Å². The van der Waals surface area contributed by atoms with Crippen LogP contribution in [0.3, 0.4) is 0 Å². The van der Waals surface area contributed by atoms with E-state index in [1.54, 1.807) is 11.8 Å². The highest BCUT2D eigenvalue weighted by Crippen LogP contribution is 2.48. The molecule has 0 atom stereocenters. The number of ether oxygens (including phenoxy) is 3. The average Bonchev–Trinajstić information content (AvgIpc) is 2.95. The Morgan fingerprint density at radius 1 is 0.413 bits per heavy atom. The predicted molar refractivity (Wildman–Crippen MR) is 194 cm³/mol. The monoisotopic (exact) mass is 630 g/mol. The van der Waals surface area contributed by atoms with Crippen LogP contribution in [-0.2, 0) is 0 Å². The van der Waals surface area contributed by atoms with Crippen molar-refractivity contribution < 1.29 is 14.2 Å². The first-order valence-corrected chi connectivity index (χ1v) is 16.7. The molecule has 3 nitrogen and oxygen atoms in total. The van der Waals surface area contributed by atoms with E-state index >= 15 is 0 Å². The van der Waals surface area contributed by atoms with Crippen LogP contribution in [0.15, 0.2) is 125 Å². The summed E-state index contributed by atoms with van der Waals surface area (Å²) in [5.41, 5.74) is 5.66. The minimum absolute atomic E-state index is 0.311. The molecule has 0 aliphatic rings. The highest BCUT2D eigenvalue weighted by molar-refractivity contribution is 7.99. The summed E-state index contributed by atoms with van der Waals surface area (Å²) in [6, 6.07) is 40.4. The minimum Gasteiger partial charge on any atom is -0.488 e. The van der Waals surface area contributed by atoms with E-state index < -0.39 is 0 Å². The van der Waals surface area contributed by atoms with E-state index in [1.165, 1.54) is 4.90 Å². The van der Waals surface area contributed by atoms with E-state index in [-0.39, 0.29) is 16.8 Å². The molecule has 0 aliphatic carbocycles. The molecule has 0 saturated heterocycles. The van der Waals surface area contributed by atoms with Crippen molar-refractivity contribution in [3.8, 4) is 50.6 Å². The van der Waals surface area contributed by atoms with Crippen molar-refractivity contribution >= 4 is 11.8 Å². The molecule has 0 bridgehead atoms. The Kier molecular flexibility index (Phi) is 9.60. The van der Waals surface area contributed by atoms with Gasteiger partial charge >= 0.3 is 0 Å². The lowest BCUT2D eigenvalue weighted by Gasteiger charge is -2.25. The number of hydrogen-bond donors (Lipinski definition) is 0. The van der Waals surface area contributed by atoms with E-state index in [9.17, 15) is 0 Å². The molecule has 0 fully saturated rings. The Morgan fingerprint density at radius 2 is 0.848 bits per heavy atom. The summed E-state index contributed by atoms with van der Waals surface area (Å²) in [4.78, 5) is 2.33. The van der Waals surface area contributed by atoms with Gasteiger partial charge in [-0.1, -0.05) is 72.4 Å². The first-order valence-electron chi connectivity index (χ1n) is 15.9. The Labute approximate surface area is 280 Å². The minimum atomic E-state index is -0.327. The lowest BCUT2D eigenvalue weighted by atomic mass is 9.87. The van der Waals surface area contributed by atoms with Gasteiger partial charge in [-0.2, -0.15) is 0 Å². The molecule has 0 heterocycles. The zero-order valence-corrected chi connectivity index (χ0v) is 29.4. The van der Waals surface area contributed by atoms with Gasteiger partial charge in [-0.15, -0.1) is 0 Å². The van der Waals surface area contributed by atoms with Crippen molar-refractivity contribution in [1.29, 1.82) is 0 Å². The third-order valence-electron chi connectivity index (χ3n) is 6.80. The van der Waals surface area contributed by atoms with E-state index in [1.807, 2.05) is 18.2 Å². The van der Waals surface area contributed by atoms with Gasteiger partial charge in [0.25, 0.3) is 0 Å². The van der Waals surface area contributed by atoms with Crippen molar-refractivity contribution in [2.24, 2.45) is 0 Å². The maximum Gasteiger partial charge on any atom is 0.120 e. The highest BCUT2D eigenvalue weighted by Gasteiger charge is 2.22. The summed E-state index contributed by atoms with van der Waals surface area (Å²) < 4.78 is 19.1. The van der Waals surface area contributed by atoms with Gasteiger partial charge in [-0.25, -0.2) is 0 Å². The molecular weight excluding hydrogens is 585 g/mol. The van der Waals surface area contributed by atoms with Crippen LogP contribution < -0.4 is 14.2 Å².